The minimum atomic E-state index is 0.203. The van der Waals surface area contributed by atoms with E-state index in [2.05, 4.69) is 92.4 Å². The van der Waals surface area contributed by atoms with Crippen LogP contribution in [0.3, 0.4) is 0 Å². The Labute approximate surface area is 151 Å². The Morgan fingerprint density at radius 3 is 1.27 bits per heavy atom. The van der Waals surface area contributed by atoms with Crippen molar-refractivity contribution in [1.29, 1.82) is 10.5 Å². The van der Waals surface area contributed by atoms with Gasteiger partial charge >= 0.3 is 0 Å². The normalized spacial score (nSPS) is 11.6. The van der Waals surface area contributed by atoms with Crippen LogP contribution in [0.1, 0.15) is 11.1 Å². The van der Waals surface area contributed by atoms with Crippen molar-refractivity contribution >= 4 is 11.9 Å². The number of hydrazine groups is 2. The molecule has 1 fully saturated rings. The first kappa shape index (κ1) is 18.3. The van der Waals surface area contributed by atoms with E-state index in [9.17, 15) is 0 Å². The molecule has 0 saturated carbocycles. The van der Waals surface area contributed by atoms with Gasteiger partial charge < -0.3 is 0 Å². The summed E-state index contributed by atoms with van der Waals surface area (Å²) in [6.45, 7) is 0. The number of benzene rings is 2. The van der Waals surface area contributed by atoms with Gasteiger partial charge in [-0.15, -0.1) is 9.98 Å². The molecule has 0 radical (unpaired) electrons. The Bertz CT molecular complexity index is 732. The highest BCUT2D eigenvalue weighted by Crippen LogP contribution is 2.06. The Kier molecular flexibility index (Phi) is 7.52. The van der Waals surface area contributed by atoms with Gasteiger partial charge in [-0.25, -0.2) is 0 Å². The average molecular weight is 346 g/mol. The largest absolute Gasteiger partial charge is 0.265 e. The molecule has 0 unspecified atom stereocenters. The van der Waals surface area contributed by atoms with Crippen LogP contribution in [0.2, 0.25) is 0 Å². The number of aliphatic imine (C=N–C) groups is 2. The summed E-state index contributed by atoms with van der Waals surface area (Å²) in [4.78, 5) is 6.63. The first-order valence-corrected chi connectivity index (χ1v) is 7.87. The Morgan fingerprint density at radius 2 is 0.962 bits per heavy atom. The third kappa shape index (κ3) is 6.60. The molecular weight excluding hydrogens is 328 g/mol. The number of hydrogen-bond donors (Lipinski definition) is 4. The molecule has 2 aromatic carbocycles. The summed E-state index contributed by atoms with van der Waals surface area (Å²) < 4.78 is 0. The molecule has 0 bridgehead atoms. The van der Waals surface area contributed by atoms with E-state index in [-0.39, 0.29) is 11.9 Å². The number of nitriles is 2. The number of hydrogen-bond acceptors (Lipinski definition) is 4. The van der Waals surface area contributed by atoms with Gasteiger partial charge in [0.1, 0.15) is 0 Å². The van der Waals surface area contributed by atoms with Gasteiger partial charge in [0.2, 0.25) is 24.3 Å². The van der Waals surface area contributed by atoms with Gasteiger partial charge in [0.25, 0.3) is 0 Å². The van der Waals surface area contributed by atoms with Gasteiger partial charge in [-0.1, -0.05) is 60.7 Å². The molecule has 0 atom stereocenters. The van der Waals surface area contributed by atoms with Gasteiger partial charge in [-0.3, -0.25) is 21.7 Å². The number of aryl methyl sites for hydroxylation is 2. The van der Waals surface area contributed by atoms with Crippen LogP contribution < -0.4 is 21.7 Å². The van der Waals surface area contributed by atoms with Gasteiger partial charge in [-0.05, 0) is 24.0 Å². The molecule has 3 rings (SSSR count). The predicted octanol–water partition coefficient (Wildman–Crippen LogP) is 1.33. The average Bonchev–Trinajstić information content (AvgIpc) is 2.70. The van der Waals surface area contributed by atoms with Crippen LogP contribution in [0.4, 0.5) is 0 Å². The molecule has 8 nitrogen and oxygen atoms in total. The Hall–Kier alpha value is -4.04. The van der Waals surface area contributed by atoms with Crippen molar-refractivity contribution in [3.63, 3.8) is 0 Å². The second-order valence-corrected chi connectivity index (χ2v) is 5.09. The highest BCUT2D eigenvalue weighted by atomic mass is 15.6. The number of guanidine groups is 2. The Morgan fingerprint density at radius 1 is 0.615 bits per heavy atom. The molecule has 1 heterocycles. The lowest BCUT2D eigenvalue weighted by molar-refractivity contribution is 0.672. The van der Waals surface area contributed by atoms with Crippen molar-refractivity contribution in [2.24, 2.45) is 9.98 Å². The fraction of sp³-hybridized carbons (Fsp3) is 0.111. The maximum atomic E-state index is 8.13. The van der Waals surface area contributed by atoms with Crippen LogP contribution in [-0.2, 0) is 12.8 Å². The molecule has 0 aliphatic carbocycles. The quantitative estimate of drug-likeness (QED) is 0.622. The monoisotopic (exact) mass is 346 g/mol. The molecule has 0 aromatic heterocycles. The molecule has 2 aromatic rings. The van der Waals surface area contributed by atoms with E-state index >= 15 is 0 Å². The van der Waals surface area contributed by atoms with Gasteiger partial charge in [0, 0.05) is 0 Å². The first-order valence-electron chi connectivity index (χ1n) is 7.87. The summed E-state index contributed by atoms with van der Waals surface area (Å²) in [6, 6.07) is 21.2. The molecule has 1 aliphatic heterocycles. The van der Waals surface area contributed by atoms with Crippen LogP contribution in [0.25, 0.3) is 0 Å². The van der Waals surface area contributed by atoms with Crippen molar-refractivity contribution in [1.82, 2.24) is 21.7 Å². The van der Waals surface area contributed by atoms with Gasteiger partial charge in [-0.2, -0.15) is 10.5 Å². The lowest BCUT2D eigenvalue weighted by atomic mass is 10.0. The topological polar surface area (TPSA) is 120 Å². The summed E-state index contributed by atoms with van der Waals surface area (Å²) >= 11 is 0. The van der Waals surface area contributed by atoms with Crippen LogP contribution in [-0.4, -0.2) is 11.9 Å². The van der Waals surface area contributed by atoms with Crippen LogP contribution >= 0.6 is 0 Å². The standard InChI is InChI=1S/C14H14.C4H4N8/c1-3-7-13(8-4-1)11-12-14-9-5-2-6-10-14;5-1-7-3-9-11-4(8-2-6)12-10-3/h1-10H,11-12H2;(H2,7,9,10)(H2,8,11,12). The van der Waals surface area contributed by atoms with Crippen LogP contribution in [0, 0.1) is 22.9 Å². The molecule has 8 heteroatoms. The summed E-state index contributed by atoms with van der Waals surface area (Å²) in [5, 5.41) is 16.3. The summed E-state index contributed by atoms with van der Waals surface area (Å²) in [5.41, 5.74) is 12.7. The smallest absolute Gasteiger partial charge is 0.245 e. The molecule has 1 saturated heterocycles. The summed E-state index contributed by atoms with van der Waals surface area (Å²) in [7, 11) is 0. The number of nitrogens with zero attached hydrogens (tertiary/aromatic N) is 4. The molecule has 0 spiro atoms. The minimum Gasteiger partial charge on any atom is -0.265 e. The third-order valence-electron chi connectivity index (χ3n) is 3.31. The molecule has 0 amide bonds. The maximum absolute atomic E-state index is 8.13. The first-order chi connectivity index (χ1) is 12.8. The number of rotatable bonds is 3. The Balaban J connectivity index is 0.000000190. The van der Waals surface area contributed by atoms with Crippen LogP contribution in [0.15, 0.2) is 70.6 Å². The van der Waals surface area contributed by atoms with E-state index in [1.165, 1.54) is 11.1 Å². The van der Waals surface area contributed by atoms with E-state index in [4.69, 9.17) is 10.5 Å². The minimum absolute atomic E-state index is 0.203. The van der Waals surface area contributed by atoms with Gasteiger partial charge in [0.05, 0.1) is 0 Å². The molecule has 4 N–H and O–H groups in total. The van der Waals surface area contributed by atoms with E-state index in [1.54, 1.807) is 12.4 Å². The lowest BCUT2D eigenvalue weighted by Crippen LogP contribution is -2.64. The highest BCUT2D eigenvalue weighted by Gasteiger charge is 2.07. The van der Waals surface area contributed by atoms with Crippen LogP contribution in [0.5, 0.6) is 0 Å². The molecule has 26 heavy (non-hydrogen) atoms. The summed E-state index contributed by atoms with van der Waals surface area (Å²) in [5.74, 6) is 0.406. The zero-order valence-electron chi connectivity index (χ0n) is 14.0. The predicted molar refractivity (Wildman–Crippen MR) is 98.9 cm³/mol. The maximum Gasteiger partial charge on any atom is 0.245 e. The van der Waals surface area contributed by atoms with E-state index in [0.717, 1.165) is 12.8 Å². The van der Waals surface area contributed by atoms with Crippen molar-refractivity contribution in [2.45, 2.75) is 12.8 Å². The number of nitrogens with one attached hydrogen (secondary N) is 4. The van der Waals surface area contributed by atoms with Crippen molar-refractivity contribution in [2.75, 3.05) is 0 Å². The van der Waals surface area contributed by atoms with Crippen molar-refractivity contribution in [3.8, 4) is 12.4 Å². The highest BCUT2D eigenvalue weighted by molar-refractivity contribution is 5.91. The molecule has 130 valence electrons. The fourth-order valence-electron chi connectivity index (χ4n) is 2.09. The second kappa shape index (κ2) is 10.7. The zero-order valence-corrected chi connectivity index (χ0v) is 14.0. The van der Waals surface area contributed by atoms with Crippen molar-refractivity contribution < 1.29 is 0 Å². The van der Waals surface area contributed by atoms with E-state index in [1.807, 2.05) is 0 Å². The van der Waals surface area contributed by atoms with Crippen molar-refractivity contribution in [3.05, 3.63) is 71.8 Å². The lowest BCUT2D eigenvalue weighted by Gasteiger charge is -2.20. The van der Waals surface area contributed by atoms with Gasteiger partial charge in [0.15, 0.2) is 0 Å². The molecule has 1 aliphatic rings. The summed E-state index contributed by atoms with van der Waals surface area (Å²) in [6.07, 6.45) is 5.38. The second-order valence-electron chi connectivity index (χ2n) is 5.09. The SMILES string of the molecule is N#CN=C1NNC(=NC#N)NN1.c1ccc(CCc2ccccc2)cc1. The zero-order chi connectivity index (χ0) is 18.5. The van der Waals surface area contributed by atoms with E-state index < -0.39 is 0 Å². The fourth-order valence-corrected chi connectivity index (χ4v) is 2.09. The van der Waals surface area contributed by atoms with E-state index in [0.29, 0.717) is 0 Å². The molecular formula is C18H18N8. The third-order valence-corrected chi connectivity index (χ3v) is 3.31.